The molecule has 8 heteroatoms. The van der Waals surface area contributed by atoms with E-state index in [4.69, 9.17) is 9.15 Å². The number of methoxy groups -OCH3 is 1. The second-order valence-electron chi connectivity index (χ2n) is 5.69. The van der Waals surface area contributed by atoms with Crippen molar-refractivity contribution in [3.63, 3.8) is 0 Å². The van der Waals surface area contributed by atoms with Crippen LogP contribution in [0.3, 0.4) is 0 Å². The largest absolute Gasteiger partial charge is 0.501 e. The van der Waals surface area contributed by atoms with Crippen LogP contribution in [0.25, 0.3) is 28.7 Å². The van der Waals surface area contributed by atoms with Crippen LogP contribution in [0, 0.1) is 6.92 Å². The number of fused-ring (bicyclic) bond motifs is 1. The maximum atomic E-state index is 12.4. The topological polar surface area (TPSA) is 103 Å². The highest BCUT2D eigenvalue weighted by Gasteiger charge is 2.19. The first kappa shape index (κ1) is 15.8. The van der Waals surface area contributed by atoms with Crippen LogP contribution in [-0.4, -0.2) is 31.8 Å². The molecule has 0 atom stereocenters. The van der Waals surface area contributed by atoms with Gasteiger partial charge in [0.2, 0.25) is 11.6 Å². The summed E-state index contributed by atoms with van der Waals surface area (Å²) >= 11 is 0. The molecule has 4 aromatic rings. The van der Waals surface area contributed by atoms with Gasteiger partial charge in [0.15, 0.2) is 5.69 Å². The summed E-state index contributed by atoms with van der Waals surface area (Å²) in [6, 6.07) is 10.6. The molecule has 0 fully saturated rings. The van der Waals surface area contributed by atoms with Crippen molar-refractivity contribution in [2.45, 2.75) is 6.92 Å². The van der Waals surface area contributed by atoms with Gasteiger partial charge in [-0.3, -0.25) is 9.20 Å². The van der Waals surface area contributed by atoms with Crippen LogP contribution in [0.1, 0.15) is 5.56 Å². The molecule has 0 amide bonds. The Morgan fingerprint density at radius 3 is 2.54 bits per heavy atom. The number of hydrogen-bond acceptors (Lipinski definition) is 7. The molecule has 0 aliphatic carbocycles. The molecule has 0 radical (unpaired) electrons. The number of pyridine rings is 1. The minimum absolute atomic E-state index is 0.0338. The third-order valence-electron chi connectivity index (χ3n) is 3.91. The van der Waals surface area contributed by atoms with Gasteiger partial charge in [0, 0.05) is 11.8 Å². The van der Waals surface area contributed by atoms with Gasteiger partial charge >= 0.3 is 5.56 Å². The number of aryl methyl sites for hydroxylation is 1. The zero-order valence-corrected chi connectivity index (χ0v) is 14.0. The lowest BCUT2D eigenvalue weighted by atomic mass is 10.2. The van der Waals surface area contributed by atoms with E-state index in [1.54, 1.807) is 43.6 Å². The Morgan fingerprint density at radius 2 is 1.81 bits per heavy atom. The number of nitrogens with zero attached hydrogens (tertiary/aromatic N) is 4. The number of rotatable bonds is 3. The van der Waals surface area contributed by atoms with Gasteiger partial charge in [-0.25, -0.2) is 4.98 Å². The van der Waals surface area contributed by atoms with E-state index in [9.17, 15) is 9.90 Å². The highest BCUT2D eigenvalue weighted by Crippen LogP contribution is 2.27. The quantitative estimate of drug-likeness (QED) is 0.605. The first-order valence-electron chi connectivity index (χ1n) is 7.77. The number of ether oxygens (including phenoxy) is 1. The van der Waals surface area contributed by atoms with Crippen LogP contribution < -0.4 is 10.3 Å². The average Bonchev–Trinajstić information content (AvgIpc) is 3.15. The Morgan fingerprint density at radius 1 is 1.08 bits per heavy atom. The SMILES string of the molecule is COc1ccc(-c2nnc(-c3nc4ccc(C)cn4c(=O)c3O)o2)cc1. The summed E-state index contributed by atoms with van der Waals surface area (Å²) in [6.07, 6.45) is 1.60. The molecule has 1 aromatic carbocycles. The molecule has 8 nitrogen and oxygen atoms in total. The van der Waals surface area contributed by atoms with Crippen LogP contribution in [0.15, 0.2) is 51.8 Å². The first-order valence-corrected chi connectivity index (χ1v) is 7.77. The minimum Gasteiger partial charge on any atom is -0.501 e. The zero-order valence-electron chi connectivity index (χ0n) is 14.0. The predicted octanol–water partition coefficient (Wildman–Crippen LogP) is 2.43. The average molecular weight is 350 g/mol. The molecule has 4 rings (SSSR count). The fourth-order valence-corrected chi connectivity index (χ4v) is 2.55. The van der Waals surface area contributed by atoms with Crippen molar-refractivity contribution >= 4 is 5.65 Å². The molecule has 0 aliphatic rings. The monoisotopic (exact) mass is 350 g/mol. The van der Waals surface area contributed by atoms with E-state index >= 15 is 0 Å². The van der Waals surface area contributed by atoms with Gasteiger partial charge in [-0.05, 0) is 42.8 Å². The highest BCUT2D eigenvalue weighted by molar-refractivity contribution is 5.62. The summed E-state index contributed by atoms with van der Waals surface area (Å²) in [7, 11) is 1.58. The lowest BCUT2D eigenvalue weighted by Crippen LogP contribution is -2.15. The Hall–Kier alpha value is -3.68. The third-order valence-corrected chi connectivity index (χ3v) is 3.91. The van der Waals surface area contributed by atoms with Crippen molar-refractivity contribution in [1.82, 2.24) is 19.6 Å². The lowest BCUT2D eigenvalue weighted by molar-refractivity contribution is 0.415. The van der Waals surface area contributed by atoms with Gasteiger partial charge in [-0.15, -0.1) is 10.2 Å². The fourth-order valence-electron chi connectivity index (χ4n) is 2.55. The number of benzene rings is 1. The van der Waals surface area contributed by atoms with Crippen molar-refractivity contribution in [2.24, 2.45) is 0 Å². The van der Waals surface area contributed by atoms with Crippen LogP contribution >= 0.6 is 0 Å². The molecule has 3 heterocycles. The molecule has 0 unspecified atom stereocenters. The number of hydrogen-bond donors (Lipinski definition) is 1. The van der Waals surface area contributed by atoms with E-state index in [0.29, 0.717) is 17.0 Å². The molecule has 0 saturated heterocycles. The second kappa shape index (κ2) is 5.99. The molecule has 1 N–H and O–H groups in total. The summed E-state index contributed by atoms with van der Waals surface area (Å²) in [5.74, 6) is 0.366. The summed E-state index contributed by atoms with van der Waals surface area (Å²) in [6.45, 7) is 1.84. The van der Waals surface area contributed by atoms with Crippen molar-refractivity contribution in [3.8, 4) is 34.5 Å². The maximum Gasteiger partial charge on any atom is 0.300 e. The van der Waals surface area contributed by atoms with Crippen molar-refractivity contribution in [1.29, 1.82) is 0 Å². The van der Waals surface area contributed by atoms with Gasteiger partial charge in [-0.2, -0.15) is 0 Å². The Kier molecular flexibility index (Phi) is 3.65. The van der Waals surface area contributed by atoms with Gasteiger partial charge in [0.05, 0.1) is 7.11 Å². The van der Waals surface area contributed by atoms with Gasteiger partial charge < -0.3 is 14.3 Å². The zero-order chi connectivity index (χ0) is 18.3. The second-order valence-corrected chi connectivity index (χ2v) is 5.69. The molecule has 0 aliphatic heterocycles. The standard InChI is InChI=1S/C18H14N4O4/c1-10-3-8-13-19-14(15(23)18(24)22(13)9-10)17-21-20-16(26-17)11-4-6-12(25-2)7-5-11/h3-9,23H,1-2H3. The van der Waals surface area contributed by atoms with Crippen molar-refractivity contribution < 1.29 is 14.3 Å². The van der Waals surface area contributed by atoms with Gasteiger partial charge in [0.1, 0.15) is 11.4 Å². The minimum atomic E-state index is -0.599. The summed E-state index contributed by atoms with van der Waals surface area (Å²) in [5, 5.41) is 18.1. The summed E-state index contributed by atoms with van der Waals surface area (Å²) < 4.78 is 12.0. The van der Waals surface area contributed by atoms with E-state index in [1.165, 1.54) is 4.40 Å². The normalized spacial score (nSPS) is 11.0. The molecule has 3 aromatic heterocycles. The number of aromatic hydroxyl groups is 1. The van der Waals surface area contributed by atoms with E-state index in [2.05, 4.69) is 15.2 Å². The van der Waals surface area contributed by atoms with E-state index in [-0.39, 0.29) is 17.5 Å². The number of aromatic nitrogens is 4. The molecule has 0 bridgehead atoms. The fraction of sp³-hybridized carbons (Fsp3) is 0.111. The Bertz CT molecular complexity index is 1160. The molecule has 130 valence electrons. The lowest BCUT2D eigenvalue weighted by Gasteiger charge is -2.04. The smallest absolute Gasteiger partial charge is 0.300 e. The predicted molar refractivity (Wildman–Crippen MR) is 93.1 cm³/mol. The maximum absolute atomic E-state index is 12.4. The Balaban J connectivity index is 1.81. The van der Waals surface area contributed by atoms with Gasteiger partial charge in [-0.1, -0.05) is 6.07 Å². The first-order chi connectivity index (χ1) is 12.6. The molecule has 0 spiro atoms. The van der Waals surface area contributed by atoms with Crippen molar-refractivity contribution in [3.05, 3.63) is 58.5 Å². The summed E-state index contributed by atoms with van der Waals surface area (Å²) in [5.41, 5.74) is 1.27. The summed E-state index contributed by atoms with van der Waals surface area (Å²) in [4.78, 5) is 16.7. The van der Waals surface area contributed by atoms with Gasteiger partial charge in [0.25, 0.3) is 5.89 Å². The van der Waals surface area contributed by atoms with Crippen LogP contribution in [0.5, 0.6) is 11.5 Å². The van der Waals surface area contributed by atoms with E-state index < -0.39 is 11.3 Å². The van der Waals surface area contributed by atoms with Crippen LogP contribution in [-0.2, 0) is 0 Å². The molecule has 26 heavy (non-hydrogen) atoms. The van der Waals surface area contributed by atoms with Crippen LogP contribution in [0.2, 0.25) is 0 Å². The third kappa shape index (κ3) is 2.57. The van der Waals surface area contributed by atoms with E-state index in [1.807, 2.05) is 13.0 Å². The molecular weight excluding hydrogens is 336 g/mol. The Labute approximate surface area is 147 Å². The molecular formula is C18H14N4O4. The van der Waals surface area contributed by atoms with E-state index in [0.717, 1.165) is 5.56 Å². The highest BCUT2D eigenvalue weighted by atomic mass is 16.5. The van der Waals surface area contributed by atoms with Crippen molar-refractivity contribution in [2.75, 3.05) is 7.11 Å². The molecule has 0 saturated carbocycles. The van der Waals surface area contributed by atoms with Crippen LogP contribution in [0.4, 0.5) is 0 Å².